The highest BCUT2D eigenvalue weighted by molar-refractivity contribution is 6.30. The van der Waals surface area contributed by atoms with Crippen molar-refractivity contribution in [1.29, 1.82) is 0 Å². The van der Waals surface area contributed by atoms with E-state index in [0.29, 0.717) is 23.7 Å². The van der Waals surface area contributed by atoms with Crippen molar-refractivity contribution in [2.75, 3.05) is 19.6 Å². The zero-order valence-electron chi connectivity index (χ0n) is 12.7. The van der Waals surface area contributed by atoms with E-state index in [0.717, 1.165) is 25.9 Å². The second-order valence-electron chi connectivity index (χ2n) is 5.34. The van der Waals surface area contributed by atoms with E-state index in [1.807, 2.05) is 4.90 Å². The Kier molecular flexibility index (Phi) is 6.07. The van der Waals surface area contributed by atoms with Crippen LogP contribution < -0.4 is 10.1 Å². The van der Waals surface area contributed by atoms with Crippen molar-refractivity contribution in [3.05, 3.63) is 29.3 Å². The van der Waals surface area contributed by atoms with Gasteiger partial charge in [0.2, 0.25) is 5.91 Å². The highest BCUT2D eigenvalue weighted by Gasteiger charge is 2.19. The van der Waals surface area contributed by atoms with Gasteiger partial charge < -0.3 is 15.0 Å². The number of rotatable bonds is 6. The van der Waals surface area contributed by atoms with Crippen LogP contribution in [0.15, 0.2) is 24.3 Å². The molecule has 0 saturated carbocycles. The summed E-state index contributed by atoms with van der Waals surface area (Å²) in [6.45, 7) is 3.68. The monoisotopic (exact) mass is 324 g/mol. The number of hydrogen-bond acceptors (Lipinski definition) is 3. The van der Waals surface area contributed by atoms with Gasteiger partial charge in [-0.25, -0.2) is 0 Å². The standard InChI is InChI=1S/C16H21ClN2O3/c1-12(22-14-6-4-13(17)5-7-14)16(21)18-9-8-15(20)19-10-2-3-11-19/h4-7,12H,2-3,8-11H2,1H3,(H,18,21). The van der Waals surface area contributed by atoms with Gasteiger partial charge >= 0.3 is 0 Å². The molecule has 2 amide bonds. The molecule has 1 fully saturated rings. The van der Waals surface area contributed by atoms with Crippen LogP contribution in [0.4, 0.5) is 0 Å². The molecule has 1 atom stereocenters. The quantitative estimate of drug-likeness (QED) is 0.873. The van der Waals surface area contributed by atoms with Crippen molar-refractivity contribution in [3.63, 3.8) is 0 Å². The number of likely N-dealkylation sites (tertiary alicyclic amines) is 1. The zero-order chi connectivity index (χ0) is 15.9. The van der Waals surface area contributed by atoms with E-state index in [4.69, 9.17) is 16.3 Å². The number of amides is 2. The van der Waals surface area contributed by atoms with Crippen LogP contribution in [0.5, 0.6) is 5.75 Å². The number of ether oxygens (including phenoxy) is 1. The predicted molar refractivity (Wildman–Crippen MR) is 85.0 cm³/mol. The molecule has 1 saturated heterocycles. The topological polar surface area (TPSA) is 58.6 Å². The molecule has 0 aliphatic carbocycles. The first-order valence-electron chi connectivity index (χ1n) is 7.54. The van der Waals surface area contributed by atoms with Gasteiger partial charge in [0, 0.05) is 31.1 Å². The Morgan fingerprint density at radius 3 is 2.55 bits per heavy atom. The number of hydrogen-bond donors (Lipinski definition) is 1. The van der Waals surface area contributed by atoms with E-state index in [-0.39, 0.29) is 11.8 Å². The Morgan fingerprint density at radius 1 is 1.27 bits per heavy atom. The zero-order valence-corrected chi connectivity index (χ0v) is 13.4. The van der Waals surface area contributed by atoms with Gasteiger partial charge in [0.05, 0.1) is 0 Å². The van der Waals surface area contributed by atoms with Gasteiger partial charge in [-0.1, -0.05) is 11.6 Å². The molecule has 0 spiro atoms. The molecule has 22 heavy (non-hydrogen) atoms. The smallest absolute Gasteiger partial charge is 0.260 e. The van der Waals surface area contributed by atoms with Crippen molar-refractivity contribution in [2.24, 2.45) is 0 Å². The lowest BCUT2D eigenvalue weighted by Crippen LogP contribution is -2.38. The van der Waals surface area contributed by atoms with Crippen molar-refractivity contribution in [3.8, 4) is 5.75 Å². The molecular formula is C16H21ClN2O3. The summed E-state index contributed by atoms with van der Waals surface area (Å²) < 4.78 is 5.52. The molecule has 6 heteroatoms. The number of halogens is 1. The molecule has 1 heterocycles. The molecule has 5 nitrogen and oxygen atoms in total. The first-order chi connectivity index (χ1) is 10.6. The largest absolute Gasteiger partial charge is 0.481 e. The fourth-order valence-corrected chi connectivity index (χ4v) is 2.46. The van der Waals surface area contributed by atoms with Gasteiger partial charge in [-0.2, -0.15) is 0 Å². The number of nitrogens with one attached hydrogen (secondary N) is 1. The van der Waals surface area contributed by atoms with Crippen molar-refractivity contribution < 1.29 is 14.3 Å². The molecule has 1 N–H and O–H groups in total. The number of carbonyl (C=O) groups is 2. The minimum Gasteiger partial charge on any atom is -0.481 e. The third kappa shape index (κ3) is 4.91. The molecule has 120 valence electrons. The molecule has 0 bridgehead atoms. The number of benzene rings is 1. The van der Waals surface area contributed by atoms with Crippen LogP contribution in [0, 0.1) is 0 Å². The first kappa shape index (κ1) is 16.6. The fraction of sp³-hybridized carbons (Fsp3) is 0.500. The van der Waals surface area contributed by atoms with Gasteiger partial charge in [-0.05, 0) is 44.0 Å². The Morgan fingerprint density at radius 2 is 1.91 bits per heavy atom. The third-order valence-electron chi connectivity index (χ3n) is 3.59. The Hall–Kier alpha value is -1.75. The van der Waals surface area contributed by atoms with E-state index in [9.17, 15) is 9.59 Å². The van der Waals surface area contributed by atoms with E-state index in [1.165, 1.54) is 0 Å². The van der Waals surface area contributed by atoms with Crippen molar-refractivity contribution in [2.45, 2.75) is 32.3 Å². The van der Waals surface area contributed by atoms with Crippen LogP contribution in [0.25, 0.3) is 0 Å². The maximum absolute atomic E-state index is 11.9. The van der Waals surface area contributed by atoms with Crippen molar-refractivity contribution >= 4 is 23.4 Å². The van der Waals surface area contributed by atoms with Gasteiger partial charge in [-0.15, -0.1) is 0 Å². The molecule has 0 aromatic heterocycles. The van der Waals surface area contributed by atoms with Gasteiger partial charge in [0.1, 0.15) is 5.75 Å². The summed E-state index contributed by atoms with van der Waals surface area (Å²) in [7, 11) is 0. The van der Waals surface area contributed by atoms with Gasteiger partial charge in [0.15, 0.2) is 6.10 Å². The number of nitrogens with zero attached hydrogens (tertiary/aromatic N) is 1. The minimum atomic E-state index is -0.622. The SMILES string of the molecule is CC(Oc1ccc(Cl)cc1)C(=O)NCCC(=O)N1CCCC1. The molecular weight excluding hydrogens is 304 g/mol. The molecule has 1 aromatic rings. The molecule has 1 aromatic carbocycles. The maximum atomic E-state index is 11.9. The first-order valence-corrected chi connectivity index (χ1v) is 7.92. The van der Waals surface area contributed by atoms with Crippen molar-refractivity contribution in [1.82, 2.24) is 10.2 Å². The fourth-order valence-electron chi connectivity index (χ4n) is 2.33. The summed E-state index contributed by atoms with van der Waals surface area (Å²) in [6, 6.07) is 6.83. The lowest BCUT2D eigenvalue weighted by molar-refractivity contribution is -0.130. The van der Waals surface area contributed by atoms with E-state index in [1.54, 1.807) is 31.2 Å². The van der Waals surface area contributed by atoms with Gasteiger partial charge in [-0.3, -0.25) is 9.59 Å². The van der Waals surface area contributed by atoms with Crippen LogP contribution in [-0.4, -0.2) is 42.5 Å². The normalized spacial score (nSPS) is 15.5. The van der Waals surface area contributed by atoms with E-state index < -0.39 is 6.10 Å². The van der Waals surface area contributed by atoms with Crippen LogP contribution in [0.1, 0.15) is 26.2 Å². The summed E-state index contributed by atoms with van der Waals surface area (Å²) in [5.41, 5.74) is 0. The minimum absolute atomic E-state index is 0.101. The highest BCUT2D eigenvalue weighted by atomic mass is 35.5. The Bertz CT molecular complexity index is 513. The lowest BCUT2D eigenvalue weighted by atomic mass is 10.3. The molecule has 1 aliphatic rings. The van der Waals surface area contributed by atoms with E-state index >= 15 is 0 Å². The van der Waals surface area contributed by atoms with Crippen LogP contribution >= 0.6 is 11.6 Å². The van der Waals surface area contributed by atoms with E-state index in [2.05, 4.69) is 5.32 Å². The molecule has 1 aliphatic heterocycles. The third-order valence-corrected chi connectivity index (χ3v) is 3.84. The summed E-state index contributed by atoms with van der Waals surface area (Å²) >= 11 is 5.79. The Balaban J connectivity index is 1.69. The second-order valence-corrected chi connectivity index (χ2v) is 5.78. The molecule has 0 radical (unpaired) electrons. The lowest BCUT2D eigenvalue weighted by Gasteiger charge is -2.17. The summed E-state index contributed by atoms with van der Waals surface area (Å²) in [5.74, 6) is 0.452. The highest BCUT2D eigenvalue weighted by Crippen LogP contribution is 2.16. The average molecular weight is 325 g/mol. The van der Waals surface area contributed by atoms with Crippen LogP contribution in [0.2, 0.25) is 5.02 Å². The van der Waals surface area contributed by atoms with Crippen LogP contribution in [0.3, 0.4) is 0 Å². The number of carbonyl (C=O) groups excluding carboxylic acids is 2. The summed E-state index contributed by atoms with van der Waals surface area (Å²) in [4.78, 5) is 25.6. The molecule has 1 unspecified atom stereocenters. The van der Waals surface area contributed by atoms with Gasteiger partial charge in [0.25, 0.3) is 5.91 Å². The summed E-state index contributed by atoms with van der Waals surface area (Å²) in [5, 5.41) is 3.35. The Labute approximate surface area is 135 Å². The average Bonchev–Trinajstić information content (AvgIpc) is 3.03. The molecule has 2 rings (SSSR count). The summed E-state index contributed by atoms with van der Waals surface area (Å²) in [6.07, 6.45) is 1.86. The van der Waals surface area contributed by atoms with Crippen LogP contribution in [-0.2, 0) is 9.59 Å². The predicted octanol–water partition coefficient (Wildman–Crippen LogP) is 2.24. The second kappa shape index (κ2) is 8.03. The maximum Gasteiger partial charge on any atom is 0.260 e.